The zero-order chi connectivity index (χ0) is 21.2. The Kier molecular flexibility index (Phi) is 5.44. The van der Waals surface area contributed by atoms with Gasteiger partial charge in [0.2, 0.25) is 5.95 Å². The number of aromatic nitrogens is 4. The number of nitrogens with one attached hydrogen (secondary N) is 2. The molecule has 0 unspecified atom stereocenters. The first kappa shape index (κ1) is 19.8. The third kappa shape index (κ3) is 4.33. The third-order valence-electron chi connectivity index (χ3n) is 5.50. The molecule has 4 aromatic rings. The summed E-state index contributed by atoms with van der Waals surface area (Å²) < 4.78 is 8.12. The monoisotopic (exact) mass is 436 g/mol. The largest absolute Gasteiger partial charge is 0.497 e. The molecule has 1 fully saturated rings. The number of hydrogen-bond donors (Lipinski definition) is 3. The maximum atomic E-state index is 9.78. The Labute approximate surface area is 183 Å². The van der Waals surface area contributed by atoms with Gasteiger partial charge in [-0.2, -0.15) is 10.1 Å². The Hall–Kier alpha value is -3.17. The Balaban J connectivity index is 1.38. The predicted octanol–water partition coefficient (Wildman–Crippen LogP) is 4.34. The van der Waals surface area contributed by atoms with E-state index in [-0.39, 0.29) is 6.10 Å². The standard InChI is InChI=1S/C22H24N6O2S/c1-30-18-4-2-3-16(11-18)28-13-15(12-23-28)25-22-26-19-9-10-31-20(19)21(27-22)24-14-5-7-17(29)8-6-14/h2-4,9-14,17,29H,5-8H2,1H3,(H2,24,25,26,27)/t14-,17-. The summed E-state index contributed by atoms with van der Waals surface area (Å²) >= 11 is 1.63. The number of anilines is 3. The number of aliphatic hydroxyl groups is 1. The Bertz CT molecular complexity index is 1180. The van der Waals surface area contributed by atoms with Crippen LogP contribution in [0.3, 0.4) is 0 Å². The first-order valence-electron chi connectivity index (χ1n) is 10.3. The lowest BCUT2D eigenvalue weighted by Crippen LogP contribution is -2.28. The number of thiophene rings is 1. The Morgan fingerprint density at radius 3 is 2.87 bits per heavy atom. The molecule has 0 aliphatic heterocycles. The zero-order valence-electron chi connectivity index (χ0n) is 17.2. The molecule has 0 saturated heterocycles. The van der Waals surface area contributed by atoms with Crippen LogP contribution in [0.4, 0.5) is 17.5 Å². The molecule has 31 heavy (non-hydrogen) atoms. The predicted molar refractivity (Wildman–Crippen MR) is 123 cm³/mol. The molecule has 0 amide bonds. The first-order chi connectivity index (χ1) is 15.2. The van der Waals surface area contributed by atoms with Crippen molar-refractivity contribution in [3.8, 4) is 11.4 Å². The van der Waals surface area contributed by atoms with E-state index in [0.717, 1.165) is 58.8 Å². The van der Waals surface area contributed by atoms with Gasteiger partial charge in [0.25, 0.3) is 0 Å². The SMILES string of the molecule is COc1cccc(-n2cc(Nc3nc(N[C@H]4CC[C@H](O)CC4)c4sccc4n3)cn2)c1. The van der Waals surface area contributed by atoms with Crippen molar-refractivity contribution < 1.29 is 9.84 Å². The fourth-order valence-electron chi connectivity index (χ4n) is 3.84. The van der Waals surface area contributed by atoms with Crippen molar-refractivity contribution in [2.24, 2.45) is 0 Å². The molecule has 0 radical (unpaired) electrons. The van der Waals surface area contributed by atoms with Crippen LogP contribution in [0.15, 0.2) is 48.1 Å². The highest BCUT2D eigenvalue weighted by Gasteiger charge is 2.21. The average Bonchev–Trinajstić information content (AvgIpc) is 3.45. The highest BCUT2D eigenvalue weighted by atomic mass is 32.1. The van der Waals surface area contributed by atoms with Crippen molar-refractivity contribution in [1.29, 1.82) is 0 Å². The molecule has 3 N–H and O–H groups in total. The molecule has 3 aromatic heterocycles. The molecule has 0 bridgehead atoms. The number of ether oxygens (including phenoxy) is 1. The maximum Gasteiger partial charge on any atom is 0.229 e. The number of aliphatic hydroxyl groups excluding tert-OH is 1. The normalized spacial score (nSPS) is 18.8. The van der Waals surface area contributed by atoms with Crippen LogP contribution in [0.5, 0.6) is 5.75 Å². The van der Waals surface area contributed by atoms with Gasteiger partial charge in [0.05, 0.1) is 47.2 Å². The van der Waals surface area contributed by atoms with Gasteiger partial charge in [-0.05, 0) is 49.3 Å². The van der Waals surface area contributed by atoms with Crippen LogP contribution in [0.1, 0.15) is 25.7 Å². The first-order valence-corrected chi connectivity index (χ1v) is 11.2. The zero-order valence-corrected chi connectivity index (χ0v) is 18.0. The minimum atomic E-state index is -0.177. The summed E-state index contributed by atoms with van der Waals surface area (Å²) in [7, 11) is 1.65. The molecule has 3 heterocycles. The maximum absolute atomic E-state index is 9.78. The van der Waals surface area contributed by atoms with Crippen molar-refractivity contribution in [2.45, 2.75) is 37.8 Å². The second kappa shape index (κ2) is 8.52. The Morgan fingerprint density at radius 2 is 2.03 bits per heavy atom. The second-order valence-corrected chi connectivity index (χ2v) is 8.60. The van der Waals surface area contributed by atoms with Crippen LogP contribution in [0.25, 0.3) is 15.9 Å². The summed E-state index contributed by atoms with van der Waals surface area (Å²) in [4.78, 5) is 9.41. The molecule has 9 heteroatoms. The lowest BCUT2D eigenvalue weighted by Gasteiger charge is -2.26. The van der Waals surface area contributed by atoms with Gasteiger partial charge in [0, 0.05) is 12.1 Å². The van der Waals surface area contributed by atoms with Crippen LogP contribution in [0.2, 0.25) is 0 Å². The lowest BCUT2D eigenvalue weighted by atomic mass is 9.93. The molecule has 8 nitrogen and oxygen atoms in total. The van der Waals surface area contributed by atoms with Crippen molar-refractivity contribution in [3.63, 3.8) is 0 Å². The Morgan fingerprint density at radius 1 is 1.16 bits per heavy atom. The molecule has 0 atom stereocenters. The number of benzene rings is 1. The number of rotatable bonds is 6. The summed E-state index contributed by atoms with van der Waals surface area (Å²) in [6.45, 7) is 0. The van der Waals surface area contributed by atoms with E-state index in [1.54, 1.807) is 29.3 Å². The van der Waals surface area contributed by atoms with Crippen LogP contribution in [-0.4, -0.2) is 44.1 Å². The van der Waals surface area contributed by atoms with Gasteiger partial charge < -0.3 is 20.5 Å². The fraction of sp³-hybridized carbons (Fsp3) is 0.318. The van der Waals surface area contributed by atoms with Crippen molar-refractivity contribution >= 4 is 39.0 Å². The number of nitrogens with zero attached hydrogens (tertiary/aromatic N) is 4. The van der Waals surface area contributed by atoms with E-state index in [0.29, 0.717) is 12.0 Å². The van der Waals surface area contributed by atoms with Crippen LogP contribution >= 0.6 is 11.3 Å². The smallest absolute Gasteiger partial charge is 0.229 e. The average molecular weight is 437 g/mol. The number of hydrogen-bond acceptors (Lipinski definition) is 8. The van der Waals surface area contributed by atoms with Gasteiger partial charge in [-0.15, -0.1) is 11.3 Å². The van der Waals surface area contributed by atoms with E-state index < -0.39 is 0 Å². The van der Waals surface area contributed by atoms with Crippen molar-refractivity contribution in [1.82, 2.24) is 19.7 Å². The molecule has 1 saturated carbocycles. The molecular formula is C22H24N6O2S. The quantitative estimate of drug-likeness (QED) is 0.413. The van der Waals surface area contributed by atoms with Gasteiger partial charge >= 0.3 is 0 Å². The number of methoxy groups -OCH3 is 1. The minimum absolute atomic E-state index is 0.177. The summed E-state index contributed by atoms with van der Waals surface area (Å²) in [5.41, 5.74) is 2.61. The number of fused-ring (bicyclic) bond motifs is 1. The summed E-state index contributed by atoms with van der Waals surface area (Å²) in [6.07, 6.45) is 6.99. The van der Waals surface area contributed by atoms with E-state index in [9.17, 15) is 5.11 Å². The van der Waals surface area contributed by atoms with Crippen LogP contribution in [0, 0.1) is 0 Å². The summed E-state index contributed by atoms with van der Waals surface area (Å²) in [5.74, 6) is 2.14. The summed E-state index contributed by atoms with van der Waals surface area (Å²) in [5, 5.41) is 23.1. The molecule has 1 aliphatic rings. The molecule has 0 spiro atoms. The molecule has 160 valence electrons. The van der Waals surface area contributed by atoms with Crippen LogP contribution in [-0.2, 0) is 0 Å². The van der Waals surface area contributed by atoms with E-state index in [4.69, 9.17) is 9.72 Å². The minimum Gasteiger partial charge on any atom is -0.497 e. The van der Waals surface area contributed by atoms with Gasteiger partial charge in [-0.1, -0.05) is 6.07 Å². The highest BCUT2D eigenvalue weighted by molar-refractivity contribution is 7.17. The van der Waals surface area contributed by atoms with E-state index in [1.807, 2.05) is 41.9 Å². The molecule has 5 rings (SSSR count). The highest BCUT2D eigenvalue weighted by Crippen LogP contribution is 2.31. The van der Waals surface area contributed by atoms with E-state index in [2.05, 4.69) is 20.7 Å². The third-order valence-corrected chi connectivity index (χ3v) is 6.41. The van der Waals surface area contributed by atoms with Gasteiger partial charge in [-0.3, -0.25) is 0 Å². The van der Waals surface area contributed by atoms with Gasteiger partial charge in [0.15, 0.2) is 0 Å². The molecule has 1 aromatic carbocycles. The second-order valence-electron chi connectivity index (χ2n) is 7.68. The van der Waals surface area contributed by atoms with Crippen LogP contribution < -0.4 is 15.4 Å². The van der Waals surface area contributed by atoms with Gasteiger partial charge in [-0.25, -0.2) is 9.67 Å². The van der Waals surface area contributed by atoms with E-state index in [1.165, 1.54) is 0 Å². The topological polar surface area (TPSA) is 97.1 Å². The van der Waals surface area contributed by atoms with Crippen molar-refractivity contribution in [3.05, 3.63) is 48.1 Å². The fourth-order valence-corrected chi connectivity index (χ4v) is 4.63. The lowest BCUT2D eigenvalue weighted by molar-refractivity contribution is 0.126. The van der Waals surface area contributed by atoms with E-state index >= 15 is 0 Å². The van der Waals surface area contributed by atoms with Gasteiger partial charge in [0.1, 0.15) is 11.6 Å². The molecular weight excluding hydrogens is 412 g/mol. The summed E-state index contributed by atoms with van der Waals surface area (Å²) in [6, 6.07) is 10.0. The molecule has 1 aliphatic carbocycles. The van der Waals surface area contributed by atoms with Crippen molar-refractivity contribution in [2.75, 3.05) is 17.7 Å².